The summed E-state index contributed by atoms with van der Waals surface area (Å²) < 4.78 is 4.80. The van der Waals surface area contributed by atoms with Crippen LogP contribution in [0.15, 0.2) is 0 Å². The van der Waals surface area contributed by atoms with E-state index >= 15 is 0 Å². The van der Waals surface area contributed by atoms with Gasteiger partial charge in [0.1, 0.15) is 12.1 Å². The van der Waals surface area contributed by atoms with Gasteiger partial charge in [-0.1, -0.05) is 0 Å². The van der Waals surface area contributed by atoms with Crippen LogP contribution in [0.3, 0.4) is 0 Å². The molecular formula is C7H13N2O3. The van der Waals surface area contributed by atoms with Gasteiger partial charge in [0.2, 0.25) is 0 Å². The SMILES string of the molecule is CC(C)(C)OC(=O)NCC([NH])=O. The van der Waals surface area contributed by atoms with E-state index in [0.29, 0.717) is 0 Å². The number of ether oxygens (including phenoxy) is 1. The second-order valence-electron chi connectivity index (χ2n) is 3.28. The first-order chi connectivity index (χ1) is 5.31. The molecule has 0 fully saturated rings. The van der Waals surface area contributed by atoms with Crippen molar-refractivity contribution in [1.29, 1.82) is 0 Å². The number of carbonyl (C=O) groups is 2. The van der Waals surface area contributed by atoms with E-state index in [1.165, 1.54) is 0 Å². The lowest BCUT2D eigenvalue weighted by molar-refractivity contribution is -0.117. The first-order valence-corrected chi connectivity index (χ1v) is 3.52. The predicted molar refractivity (Wildman–Crippen MR) is 42.3 cm³/mol. The van der Waals surface area contributed by atoms with Crippen molar-refractivity contribution in [3.8, 4) is 0 Å². The van der Waals surface area contributed by atoms with Crippen LogP contribution >= 0.6 is 0 Å². The van der Waals surface area contributed by atoms with Crippen molar-refractivity contribution in [2.24, 2.45) is 0 Å². The minimum Gasteiger partial charge on any atom is -0.444 e. The van der Waals surface area contributed by atoms with Gasteiger partial charge in [-0.3, -0.25) is 10.5 Å². The highest BCUT2D eigenvalue weighted by Gasteiger charge is 2.15. The van der Waals surface area contributed by atoms with Crippen molar-refractivity contribution in [3.63, 3.8) is 0 Å². The maximum absolute atomic E-state index is 10.8. The van der Waals surface area contributed by atoms with Crippen LogP contribution < -0.4 is 11.1 Å². The Balaban J connectivity index is 3.68. The molecule has 0 saturated carbocycles. The Kier molecular flexibility index (Phi) is 3.53. The van der Waals surface area contributed by atoms with Crippen LogP contribution in [0.25, 0.3) is 0 Å². The lowest BCUT2D eigenvalue weighted by atomic mass is 10.2. The fraction of sp³-hybridized carbons (Fsp3) is 0.714. The maximum Gasteiger partial charge on any atom is 0.408 e. The second kappa shape index (κ2) is 3.94. The van der Waals surface area contributed by atoms with E-state index in [2.05, 4.69) is 5.32 Å². The third-order valence-electron chi connectivity index (χ3n) is 0.792. The van der Waals surface area contributed by atoms with Gasteiger partial charge in [0.15, 0.2) is 0 Å². The van der Waals surface area contributed by atoms with E-state index in [4.69, 9.17) is 10.5 Å². The Morgan fingerprint density at radius 1 is 1.42 bits per heavy atom. The molecule has 0 aromatic carbocycles. The summed E-state index contributed by atoms with van der Waals surface area (Å²) in [4.78, 5) is 20.9. The highest BCUT2D eigenvalue weighted by Crippen LogP contribution is 2.05. The number of nitrogens with one attached hydrogen (secondary N) is 2. The van der Waals surface area contributed by atoms with Crippen molar-refractivity contribution in [2.75, 3.05) is 6.54 Å². The van der Waals surface area contributed by atoms with E-state index in [1.54, 1.807) is 20.8 Å². The minimum absolute atomic E-state index is 0.311. The molecule has 0 aliphatic rings. The molecule has 2 amide bonds. The largest absolute Gasteiger partial charge is 0.444 e. The van der Waals surface area contributed by atoms with E-state index in [9.17, 15) is 9.59 Å². The molecule has 0 spiro atoms. The average Bonchev–Trinajstić information content (AvgIpc) is 1.79. The summed E-state index contributed by atoms with van der Waals surface area (Å²) in [6.07, 6.45) is -0.678. The molecule has 2 N–H and O–H groups in total. The maximum atomic E-state index is 10.8. The minimum atomic E-state index is -0.846. The van der Waals surface area contributed by atoms with Gasteiger partial charge >= 0.3 is 6.09 Å². The molecule has 0 aliphatic carbocycles. The molecule has 0 aromatic heterocycles. The molecule has 0 saturated heterocycles. The van der Waals surface area contributed by atoms with E-state index in [1.807, 2.05) is 0 Å². The van der Waals surface area contributed by atoms with E-state index < -0.39 is 17.6 Å². The van der Waals surface area contributed by atoms with Crippen LogP contribution in [0, 0.1) is 0 Å². The number of hydrogen-bond donors (Lipinski definition) is 1. The quantitative estimate of drug-likeness (QED) is 0.653. The molecule has 0 aliphatic heterocycles. The number of rotatable bonds is 2. The molecule has 69 valence electrons. The van der Waals surface area contributed by atoms with Crippen LogP contribution in [0.1, 0.15) is 20.8 Å². The topological polar surface area (TPSA) is 79.2 Å². The Morgan fingerprint density at radius 2 is 1.92 bits per heavy atom. The van der Waals surface area contributed by atoms with Gasteiger partial charge in [-0.15, -0.1) is 0 Å². The number of carbonyl (C=O) groups excluding carboxylic acids is 2. The van der Waals surface area contributed by atoms with Crippen LogP contribution in [-0.4, -0.2) is 24.1 Å². The van der Waals surface area contributed by atoms with Gasteiger partial charge in [-0.2, -0.15) is 0 Å². The first kappa shape index (κ1) is 10.7. The van der Waals surface area contributed by atoms with Crippen molar-refractivity contribution in [2.45, 2.75) is 26.4 Å². The summed E-state index contributed by atoms with van der Waals surface area (Å²) in [5, 5.41) is 2.14. The monoisotopic (exact) mass is 173 g/mol. The van der Waals surface area contributed by atoms with Crippen LogP contribution in [-0.2, 0) is 9.53 Å². The molecule has 1 radical (unpaired) electrons. The van der Waals surface area contributed by atoms with Crippen molar-refractivity contribution in [3.05, 3.63) is 0 Å². The normalized spacial score (nSPS) is 10.6. The molecule has 0 aromatic rings. The van der Waals surface area contributed by atoms with Gasteiger partial charge in [0.25, 0.3) is 5.91 Å². The lowest BCUT2D eigenvalue weighted by Gasteiger charge is -2.19. The highest BCUT2D eigenvalue weighted by molar-refractivity contribution is 5.80. The Bertz CT molecular complexity index is 184. The lowest BCUT2D eigenvalue weighted by Crippen LogP contribution is -2.35. The fourth-order valence-corrected chi connectivity index (χ4v) is 0.467. The molecular weight excluding hydrogens is 160 g/mol. The Labute approximate surface area is 71.3 Å². The summed E-state index contributed by atoms with van der Waals surface area (Å²) in [7, 11) is 0. The molecule has 12 heavy (non-hydrogen) atoms. The van der Waals surface area contributed by atoms with Crippen molar-refractivity contribution < 1.29 is 14.3 Å². The number of alkyl carbamates (subject to hydrolysis) is 1. The molecule has 0 rings (SSSR count). The second-order valence-corrected chi connectivity index (χ2v) is 3.28. The van der Waals surface area contributed by atoms with Crippen molar-refractivity contribution in [1.82, 2.24) is 11.1 Å². The van der Waals surface area contributed by atoms with Crippen LogP contribution in [0.2, 0.25) is 0 Å². The van der Waals surface area contributed by atoms with Gasteiger partial charge in [-0.05, 0) is 20.8 Å². The first-order valence-electron chi connectivity index (χ1n) is 3.52. The fourth-order valence-electron chi connectivity index (χ4n) is 0.467. The van der Waals surface area contributed by atoms with E-state index in [-0.39, 0.29) is 6.54 Å². The Hall–Kier alpha value is -1.26. The van der Waals surface area contributed by atoms with Crippen LogP contribution in [0.4, 0.5) is 4.79 Å². The third kappa shape index (κ3) is 6.85. The average molecular weight is 173 g/mol. The summed E-state index contributed by atoms with van der Waals surface area (Å²) in [5.74, 6) is -0.846. The zero-order valence-corrected chi connectivity index (χ0v) is 7.43. The van der Waals surface area contributed by atoms with Gasteiger partial charge < -0.3 is 10.1 Å². The van der Waals surface area contributed by atoms with Gasteiger partial charge in [-0.25, -0.2) is 4.79 Å². The summed E-state index contributed by atoms with van der Waals surface area (Å²) in [6.45, 7) is 4.84. The van der Waals surface area contributed by atoms with Gasteiger partial charge in [0, 0.05) is 0 Å². The standard InChI is InChI=1S/C7H13N2O3/c1-7(2,3)12-6(11)9-4-5(8)10/h8H,4H2,1-3H3,(H,9,11). The Morgan fingerprint density at radius 3 is 2.25 bits per heavy atom. The summed E-state index contributed by atoms with van der Waals surface area (Å²) in [6, 6.07) is 0. The third-order valence-corrected chi connectivity index (χ3v) is 0.792. The zero-order chi connectivity index (χ0) is 9.78. The molecule has 0 heterocycles. The molecule has 5 heteroatoms. The molecule has 0 atom stereocenters. The number of amides is 2. The predicted octanol–water partition coefficient (Wildman–Crippen LogP) is 0.321. The number of hydrogen-bond acceptors (Lipinski definition) is 3. The zero-order valence-electron chi connectivity index (χ0n) is 7.43. The van der Waals surface area contributed by atoms with Gasteiger partial charge in [0.05, 0.1) is 0 Å². The van der Waals surface area contributed by atoms with Crippen LogP contribution in [0.5, 0.6) is 0 Å². The molecule has 5 nitrogen and oxygen atoms in total. The summed E-state index contributed by atoms with van der Waals surface area (Å²) in [5.41, 5.74) is 5.92. The molecule has 0 bridgehead atoms. The smallest absolute Gasteiger partial charge is 0.408 e. The molecule has 0 unspecified atom stereocenters. The van der Waals surface area contributed by atoms with Crippen molar-refractivity contribution >= 4 is 12.0 Å². The summed E-state index contributed by atoms with van der Waals surface area (Å²) >= 11 is 0. The highest BCUT2D eigenvalue weighted by atomic mass is 16.6. The van der Waals surface area contributed by atoms with E-state index in [0.717, 1.165) is 0 Å².